The molecule has 0 unspecified atom stereocenters. The van der Waals surface area contributed by atoms with Gasteiger partial charge in [-0.1, -0.05) is 77.4 Å². The lowest BCUT2D eigenvalue weighted by atomic mass is 10.0. The van der Waals surface area contributed by atoms with Crippen molar-refractivity contribution < 1.29 is 0 Å². The maximum absolute atomic E-state index is 3.21. The quantitative estimate of drug-likeness (QED) is 0.546. The summed E-state index contributed by atoms with van der Waals surface area (Å²) in [6.07, 6.45) is 0. The van der Waals surface area contributed by atoms with Gasteiger partial charge in [0.05, 0.1) is 0 Å². The molecule has 0 bridgehead atoms. The van der Waals surface area contributed by atoms with Crippen LogP contribution in [0.15, 0.2) is 48.5 Å². The molecule has 0 aliphatic heterocycles. The Morgan fingerprint density at radius 1 is 0.583 bits per heavy atom. The highest BCUT2D eigenvalue weighted by Crippen LogP contribution is 2.14. The monoisotopic (exact) mass is 316 g/mol. The summed E-state index contributed by atoms with van der Waals surface area (Å²) >= 11 is 0. The zero-order chi connectivity index (χ0) is 17.9. The van der Waals surface area contributed by atoms with Crippen molar-refractivity contribution in [1.29, 1.82) is 0 Å². The van der Waals surface area contributed by atoms with Crippen molar-refractivity contribution in [3.8, 4) is 23.7 Å². The van der Waals surface area contributed by atoms with Crippen LogP contribution in [0, 0.1) is 29.6 Å². The minimum Gasteiger partial charge on any atom is -0.0951 e. The summed E-state index contributed by atoms with van der Waals surface area (Å²) in [5, 5.41) is 0. The summed E-state index contributed by atoms with van der Waals surface area (Å²) in [5.41, 5.74) is 4.45. The molecule has 2 aromatic rings. The van der Waals surface area contributed by atoms with E-state index in [1.54, 1.807) is 0 Å². The van der Waals surface area contributed by atoms with Gasteiger partial charge < -0.3 is 0 Å². The first-order valence-corrected chi connectivity index (χ1v) is 8.78. The summed E-state index contributed by atoms with van der Waals surface area (Å²) in [4.78, 5) is 0. The van der Waals surface area contributed by atoms with Crippen molar-refractivity contribution >= 4 is 0 Å². The molecule has 24 heavy (non-hydrogen) atoms. The molecule has 124 valence electrons. The number of hydrogen-bond acceptors (Lipinski definition) is 0. The van der Waals surface area contributed by atoms with Crippen LogP contribution in [0.2, 0.25) is 0 Å². The lowest BCUT2D eigenvalue weighted by Crippen LogP contribution is -1.86. The minimum absolute atomic E-state index is 0.397. The summed E-state index contributed by atoms with van der Waals surface area (Å²) in [6, 6.07) is 16.6. The van der Waals surface area contributed by atoms with E-state index in [4.69, 9.17) is 0 Å². The second kappa shape index (κ2) is 10.4. The van der Waals surface area contributed by atoms with Gasteiger partial charge in [-0.05, 0) is 47.9 Å². The summed E-state index contributed by atoms with van der Waals surface area (Å²) in [6.45, 7) is 12.6. The largest absolute Gasteiger partial charge is 0.0951 e. The fourth-order valence-corrected chi connectivity index (χ4v) is 1.96. The molecule has 0 atom stereocenters. The third-order valence-electron chi connectivity index (χ3n) is 3.32. The van der Waals surface area contributed by atoms with E-state index in [0.717, 1.165) is 16.7 Å². The normalized spacial score (nSPS) is 9.33. The van der Waals surface area contributed by atoms with Gasteiger partial charge in [-0.3, -0.25) is 0 Å². The molecule has 0 saturated heterocycles. The smallest absolute Gasteiger partial charge is 0.0249 e. The summed E-state index contributed by atoms with van der Waals surface area (Å²) in [5.74, 6) is 13.7. The van der Waals surface area contributed by atoms with Gasteiger partial charge in [0.1, 0.15) is 0 Å². The van der Waals surface area contributed by atoms with Crippen LogP contribution in [-0.4, -0.2) is 0 Å². The second-order valence-electron chi connectivity index (χ2n) is 6.03. The Morgan fingerprint density at radius 2 is 0.958 bits per heavy atom. The van der Waals surface area contributed by atoms with E-state index >= 15 is 0 Å². The first kappa shape index (κ1) is 19.6. The average Bonchev–Trinajstić information content (AvgIpc) is 2.61. The number of benzene rings is 2. The molecule has 0 amide bonds. The molecular weight excluding hydrogens is 288 g/mol. The predicted molar refractivity (Wildman–Crippen MR) is 106 cm³/mol. The highest BCUT2D eigenvalue weighted by atomic mass is 14.0. The van der Waals surface area contributed by atoms with Gasteiger partial charge in [-0.25, -0.2) is 0 Å². The Morgan fingerprint density at radius 3 is 1.33 bits per heavy atom. The Labute approximate surface area is 148 Å². The van der Waals surface area contributed by atoms with Crippen molar-refractivity contribution in [3.05, 3.63) is 70.8 Å². The lowest BCUT2D eigenvalue weighted by Gasteiger charge is -2.03. The molecule has 0 radical (unpaired) electrons. The molecule has 0 fully saturated rings. The highest BCUT2D eigenvalue weighted by Gasteiger charge is 1.97. The van der Waals surface area contributed by atoms with Gasteiger partial charge in [-0.15, -0.1) is 0 Å². The standard InChI is InChI=1S/C22H22.C2H6/c1-17(2)5-6-19-7-9-20(10-8-19)11-12-21-13-15-22(16-14-21)18(3)4;1-2/h7-10,13-18H,1-4H3;1-2H3. The van der Waals surface area contributed by atoms with Crippen LogP contribution >= 0.6 is 0 Å². The Kier molecular flexibility index (Phi) is 8.46. The Hall–Kier alpha value is -2.44. The van der Waals surface area contributed by atoms with Crippen molar-refractivity contribution in [2.45, 2.75) is 47.5 Å². The third kappa shape index (κ3) is 6.76. The van der Waals surface area contributed by atoms with Crippen LogP contribution in [-0.2, 0) is 0 Å². The van der Waals surface area contributed by atoms with Crippen LogP contribution in [0.3, 0.4) is 0 Å². The zero-order valence-corrected chi connectivity index (χ0v) is 15.8. The maximum atomic E-state index is 3.21. The first-order chi connectivity index (χ1) is 11.5. The van der Waals surface area contributed by atoms with Crippen LogP contribution in [0.1, 0.15) is 69.7 Å². The van der Waals surface area contributed by atoms with Gasteiger partial charge in [-0.2, -0.15) is 0 Å². The average molecular weight is 316 g/mol. The van der Waals surface area contributed by atoms with Gasteiger partial charge in [0.25, 0.3) is 0 Å². The van der Waals surface area contributed by atoms with Gasteiger partial charge in [0.15, 0.2) is 0 Å². The molecule has 2 rings (SSSR count). The molecule has 0 aliphatic carbocycles. The van der Waals surface area contributed by atoms with Crippen molar-refractivity contribution in [2.75, 3.05) is 0 Å². The van der Waals surface area contributed by atoms with Crippen LogP contribution in [0.4, 0.5) is 0 Å². The van der Waals surface area contributed by atoms with Crippen LogP contribution in [0.5, 0.6) is 0 Å². The fraction of sp³-hybridized carbons (Fsp3) is 0.333. The van der Waals surface area contributed by atoms with E-state index in [2.05, 4.69) is 75.6 Å². The van der Waals surface area contributed by atoms with Crippen molar-refractivity contribution in [2.24, 2.45) is 5.92 Å². The van der Waals surface area contributed by atoms with Crippen LogP contribution in [0.25, 0.3) is 0 Å². The molecular formula is C24H28. The summed E-state index contributed by atoms with van der Waals surface area (Å²) < 4.78 is 0. The minimum atomic E-state index is 0.397. The second-order valence-corrected chi connectivity index (χ2v) is 6.03. The Bertz CT molecular complexity index is 721. The molecule has 0 spiro atoms. The van der Waals surface area contributed by atoms with E-state index in [1.165, 1.54) is 5.56 Å². The van der Waals surface area contributed by atoms with E-state index in [9.17, 15) is 0 Å². The first-order valence-electron chi connectivity index (χ1n) is 8.78. The zero-order valence-electron chi connectivity index (χ0n) is 15.8. The lowest BCUT2D eigenvalue weighted by molar-refractivity contribution is 0.866. The van der Waals surface area contributed by atoms with Crippen molar-refractivity contribution in [1.82, 2.24) is 0 Å². The third-order valence-corrected chi connectivity index (χ3v) is 3.32. The molecule has 0 nitrogen and oxygen atoms in total. The molecule has 0 heterocycles. The van der Waals surface area contributed by atoms with E-state index in [0.29, 0.717) is 11.8 Å². The summed E-state index contributed by atoms with van der Waals surface area (Å²) in [7, 11) is 0. The SMILES string of the molecule is CC.CC(C)C#Cc1ccc(C#Cc2ccc(C(C)C)cc2)cc1. The van der Waals surface area contributed by atoms with E-state index in [-0.39, 0.29) is 0 Å². The van der Waals surface area contributed by atoms with Crippen LogP contribution < -0.4 is 0 Å². The fourth-order valence-electron chi connectivity index (χ4n) is 1.96. The maximum Gasteiger partial charge on any atom is 0.0249 e. The molecule has 0 aromatic heterocycles. The molecule has 2 aromatic carbocycles. The molecule has 0 N–H and O–H groups in total. The van der Waals surface area contributed by atoms with Gasteiger partial charge >= 0.3 is 0 Å². The number of rotatable bonds is 1. The van der Waals surface area contributed by atoms with Gasteiger partial charge in [0.2, 0.25) is 0 Å². The van der Waals surface area contributed by atoms with E-state index < -0.39 is 0 Å². The Balaban J connectivity index is 0.00000139. The van der Waals surface area contributed by atoms with Crippen molar-refractivity contribution in [3.63, 3.8) is 0 Å². The highest BCUT2D eigenvalue weighted by molar-refractivity contribution is 5.46. The molecule has 0 aliphatic rings. The predicted octanol–water partition coefficient (Wildman–Crippen LogP) is 6.24. The van der Waals surface area contributed by atoms with E-state index in [1.807, 2.05) is 38.1 Å². The molecule has 0 heteroatoms. The topological polar surface area (TPSA) is 0 Å². The number of hydrogen-bond donors (Lipinski definition) is 0. The molecule has 0 saturated carbocycles. The van der Waals surface area contributed by atoms with Gasteiger partial charge in [0, 0.05) is 22.6 Å².